The van der Waals surface area contributed by atoms with Gasteiger partial charge in [-0.05, 0) is 41.5 Å². The number of aromatic nitrogens is 1. The average Bonchev–Trinajstić information content (AvgIpc) is 2.61. The number of nitrogens with zero attached hydrogens (tertiary/aromatic N) is 1. The minimum atomic E-state index is 0.176. The highest BCUT2D eigenvalue weighted by Crippen LogP contribution is 2.34. The molecule has 3 rings (SSSR count). The number of pyridine rings is 1. The second kappa shape index (κ2) is 6.79. The molecule has 0 bridgehead atoms. The first-order valence-corrected chi connectivity index (χ1v) is 7.33. The molecule has 114 valence electrons. The van der Waals surface area contributed by atoms with Crippen LogP contribution in [0.5, 0.6) is 11.5 Å². The van der Waals surface area contributed by atoms with E-state index in [1.54, 1.807) is 19.4 Å². The normalized spacial score (nSPS) is 11.3. The largest absolute Gasteiger partial charge is 0.507 e. The van der Waals surface area contributed by atoms with Crippen LogP contribution < -0.4 is 4.74 Å². The van der Waals surface area contributed by atoms with E-state index in [1.807, 2.05) is 66.7 Å². The van der Waals surface area contributed by atoms with Gasteiger partial charge in [0.25, 0.3) is 0 Å². The van der Waals surface area contributed by atoms with E-state index in [0.29, 0.717) is 5.75 Å². The molecule has 1 heterocycles. The zero-order chi connectivity index (χ0) is 16.1. The first-order valence-electron chi connectivity index (χ1n) is 7.33. The first-order chi connectivity index (χ1) is 11.3. The Kier molecular flexibility index (Phi) is 4.39. The van der Waals surface area contributed by atoms with Crippen molar-refractivity contribution in [1.29, 1.82) is 0 Å². The number of ether oxygens (including phenoxy) is 1. The highest BCUT2D eigenvalue weighted by Gasteiger charge is 2.11. The van der Waals surface area contributed by atoms with Crippen LogP contribution in [0.1, 0.15) is 16.8 Å². The van der Waals surface area contributed by atoms with Gasteiger partial charge in [0, 0.05) is 17.8 Å². The Morgan fingerprint density at radius 1 is 1.00 bits per heavy atom. The summed E-state index contributed by atoms with van der Waals surface area (Å²) < 4.78 is 5.16. The van der Waals surface area contributed by atoms with E-state index in [0.717, 1.165) is 22.4 Å². The summed E-state index contributed by atoms with van der Waals surface area (Å²) in [6.45, 7) is 0. The molecule has 0 fully saturated rings. The van der Waals surface area contributed by atoms with Crippen LogP contribution in [0.2, 0.25) is 0 Å². The molecule has 0 unspecified atom stereocenters. The predicted octanol–water partition coefficient (Wildman–Crippen LogP) is 4.38. The molecule has 0 spiro atoms. The predicted molar refractivity (Wildman–Crippen MR) is 92.3 cm³/mol. The molecule has 0 aliphatic rings. The minimum Gasteiger partial charge on any atom is -0.507 e. The van der Waals surface area contributed by atoms with Crippen LogP contribution >= 0.6 is 0 Å². The fourth-order valence-corrected chi connectivity index (χ4v) is 2.41. The van der Waals surface area contributed by atoms with E-state index in [4.69, 9.17) is 4.74 Å². The van der Waals surface area contributed by atoms with Crippen LogP contribution in [-0.2, 0) is 0 Å². The molecule has 1 aromatic heterocycles. The number of phenols is 1. The van der Waals surface area contributed by atoms with Gasteiger partial charge in [0.15, 0.2) is 0 Å². The second-order valence-electron chi connectivity index (χ2n) is 5.06. The third-order valence-electron chi connectivity index (χ3n) is 3.56. The number of rotatable bonds is 4. The standard InChI is InChI=1S/C20H17NO2/c1-23-17-10-11-18(20(22)14-17)19(15-7-3-2-4-8-15)13-16-9-5-6-12-21-16/h2-14,22H,1H3/b19-13+. The van der Waals surface area contributed by atoms with E-state index in [-0.39, 0.29) is 5.75 Å². The molecule has 0 saturated heterocycles. The summed E-state index contributed by atoms with van der Waals surface area (Å²) in [4.78, 5) is 4.35. The van der Waals surface area contributed by atoms with E-state index in [2.05, 4.69) is 4.98 Å². The van der Waals surface area contributed by atoms with Gasteiger partial charge in [-0.15, -0.1) is 0 Å². The van der Waals surface area contributed by atoms with Gasteiger partial charge in [-0.1, -0.05) is 36.4 Å². The van der Waals surface area contributed by atoms with Crippen LogP contribution in [0.25, 0.3) is 11.6 Å². The third kappa shape index (κ3) is 3.40. The van der Waals surface area contributed by atoms with Crippen molar-refractivity contribution in [2.45, 2.75) is 0 Å². The summed E-state index contributed by atoms with van der Waals surface area (Å²) in [7, 11) is 1.58. The highest BCUT2D eigenvalue weighted by atomic mass is 16.5. The molecular formula is C20H17NO2. The Morgan fingerprint density at radius 2 is 1.78 bits per heavy atom. The van der Waals surface area contributed by atoms with Gasteiger partial charge in [0.1, 0.15) is 11.5 Å². The topological polar surface area (TPSA) is 42.4 Å². The van der Waals surface area contributed by atoms with E-state index in [9.17, 15) is 5.11 Å². The smallest absolute Gasteiger partial charge is 0.127 e. The zero-order valence-corrected chi connectivity index (χ0v) is 12.8. The number of aromatic hydroxyl groups is 1. The lowest BCUT2D eigenvalue weighted by molar-refractivity contribution is 0.407. The lowest BCUT2D eigenvalue weighted by Crippen LogP contribution is -1.91. The molecule has 3 nitrogen and oxygen atoms in total. The van der Waals surface area contributed by atoms with Crippen molar-refractivity contribution in [1.82, 2.24) is 4.98 Å². The summed E-state index contributed by atoms with van der Waals surface area (Å²) in [5.74, 6) is 0.798. The van der Waals surface area contributed by atoms with Crippen molar-refractivity contribution in [2.24, 2.45) is 0 Å². The molecular weight excluding hydrogens is 286 g/mol. The van der Waals surface area contributed by atoms with Gasteiger partial charge >= 0.3 is 0 Å². The van der Waals surface area contributed by atoms with Crippen LogP contribution in [0.4, 0.5) is 0 Å². The first kappa shape index (κ1) is 14.9. The summed E-state index contributed by atoms with van der Waals surface area (Å²) in [6.07, 6.45) is 3.72. The van der Waals surface area contributed by atoms with Crippen molar-refractivity contribution in [2.75, 3.05) is 7.11 Å². The van der Waals surface area contributed by atoms with E-state index < -0.39 is 0 Å². The third-order valence-corrected chi connectivity index (χ3v) is 3.56. The lowest BCUT2D eigenvalue weighted by Gasteiger charge is -2.12. The average molecular weight is 303 g/mol. The van der Waals surface area contributed by atoms with E-state index in [1.165, 1.54) is 0 Å². The fourth-order valence-electron chi connectivity index (χ4n) is 2.41. The molecule has 3 heteroatoms. The molecule has 0 saturated carbocycles. The maximum atomic E-state index is 10.4. The van der Waals surface area contributed by atoms with Crippen LogP contribution in [0.3, 0.4) is 0 Å². The number of phenolic OH excluding ortho intramolecular Hbond substituents is 1. The van der Waals surface area contributed by atoms with Crippen molar-refractivity contribution >= 4 is 11.6 Å². The monoisotopic (exact) mass is 303 g/mol. The Hall–Kier alpha value is -3.07. The Bertz CT molecular complexity index is 812. The van der Waals surface area contributed by atoms with Gasteiger partial charge in [-0.25, -0.2) is 0 Å². The molecule has 0 aliphatic carbocycles. The molecule has 2 aromatic carbocycles. The Labute approximate surface area is 135 Å². The van der Waals surface area contributed by atoms with Gasteiger partial charge in [0.2, 0.25) is 0 Å². The molecule has 0 aliphatic heterocycles. The molecule has 0 atom stereocenters. The maximum Gasteiger partial charge on any atom is 0.127 e. The van der Waals surface area contributed by atoms with Gasteiger partial charge in [0.05, 0.1) is 12.8 Å². The summed E-state index contributed by atoms with van der Waals surface area (Å²) in [5.41, 5.74) is 3.49. The van der Waals surface area contributed by atoms with Crippen LogP contribution in [-0.4, -0.2) is 17.2 Å². The van der Waals surface area contributed by atoms with Crippen molar-refractivity contribution in [3.05, 3.63) is 89.7 Å². The number of benzene rings is 2. The molecule has 1 N–H and O–H groups in total. The van der Waals surface area contributed by atoms with Gasteiger partial charge in [-0.3, -0.25) is 4.98 Å². The quantitative estimate of drug-likeness (QED) is 0.777. The summed E-state index contributed by atoms with van der Waals surface area (Å²) >= 11 is 0. The Morgan fingerprint density at radius 3 is 2.43 bits per heavy atom. The van der Waals surface area contributed by atoms with Crippen LogP contribution in [0.15, 0.2) is 72.9 Å². The highest BCUT2D eigenvalue weighted by molar-refractivity contribution is 5.92. The van der Waals surface area contributed by atoms with E-state index >= 15 is 0 Å². The van der Waals surface area contributed by atoms with Crippen molar-refractivity contribution in [3.63, 3.8) is 0 Å². The summed E-state index contributed by atoms with van der Waals surface area (Å²) in [5, 5.41) is 10.4. The van der Waals surface area contributed by atoms with Gasteiger partial charge in [-0.2, -0.15) is 0 Å². The SMILES string of the molecule is COc1ccc(/C(=C/c2ccccn2)c2ccccc2)c(O)c1. The zero-order valence-electron chi connectivity index (χ0n) is 12.8. The number of methoxy groups -OCH3 is 1. The lowest BCUT2D eigenvalue weighted by atomic mass is 9.96. The van der Waals surface area contributed by atoms with Crippen LogP contribution in [0, 0.1) is 0 Å². The van der Waals surface area contributed by atoms with Crippen molar-refractivity contribution < 1.29 is 9.84 Å². The minimum absolute atomic E-state index is 0.176. The maximum absolute atomic E-state index is 10.4. The van der Waals surface area contributed by atoms with Gasteiger partial charge < -0.3 is 9.84 Å². The fraction of sp³-hybridized carbons (Fsp3) is 0.0500. The molecule has 3 aromatic rings. The summed E-state index contributed by atoms with van der Waals surface area (Å²) in [6, 6.07) is 21.0. The molecule has 0 amide bonds. The Balaban J connectivity index is 2.15. The molecule has 0 radical (unpaired) electrons. The van der Waals surface area contributed by atoms with Crippen molar-refractivity contribution in [3.8, 4) is 11.5 Å². The molecule has 23 heavy (non-hydrogen) atoms. The number of hydrogen-bond donors (Lipinski definition) is 1. The number of hydrogen-bond acceptors (Lipinski definition) is 3. The second-order valence-corrected chi connectivity index (χ2v) is 5.06.